The fourth-order valence-electron chi connectivity index (χ4n) is 1.95. The highest BCUT2D eigenvalue weighted by Crippen LogP contribution is 2.26. The first-order valence-electron chi connectivity index (χ1n) is 6.57. The Morgan fingerprint density at radius 1 is 1.27 bits per heavy atom. The van der Waals surface area contributed by atoms with Gasteiger partial charge in [-0.3, -0.25) is 9.78 Å². The number of rotatable bonds is 3. The number of pyridine rings is 1. The molecule has 2 heterocycles. The molecule has 0 spiro atoms. The van der Waals surface area contributed by atoms with Crippen LogP contribution in [0, 0.1) is 6.92 Å². The number of aromatic nitrogens is 2. The molecule has 1 N–H and O–H groups in total. The van der Waals surface area contributed by atoms with Crippen molar-refractivity contribution in [3.8, 4) is 10.6 Å². The highest BCUT2D eigenvalue weighted by molar-refractivity contribution is 7.13. The monoisotopic (exact) mass is 329 g/mol. The van der Waals surface area contributed by atoms with Gasteiger partial charge in [-0.2, -0.15) is 0 Å². The summed E-state index contributed by atoms with van der Waals surface area (Å²) in [6.07, 6.45) is 1.66. The molecule has 0 saturated carbocycles. The molecule has 0 bridgehead atoms. The molecular formula is C16H12ClN3OS. The molecule has 1 amide bonds. The fourth-order valence-corrected chi connectivity index (χ4v) is 2.94. The first-order valence-corrected chi connectivity index (χ1v) is 7.83. The lowest BCUT2D eigenvalue weighted by Gasteiger charge is -2.03. The molecule has 6 heteroatoms. The Morgan fingerprint density at radius 3 is 2.91 bits per heavy atom. The summed E-state index contributed by atoms with van der Waals surface area (Å²) in [5.41, 5.74) is 2.83. The van der Waals surface area contributed by atoms with Crippen LogP contribution >= 0.6 is 22.9 Å². The SMILES string of the molecule is Cc1cc(NC(=O)c2csc(-c3cccc(Cl)c3)n2)ccn1. The molecule has 0 radical (unpaired) electrons. The van der Waals surface area contributed by atoms with Gasteiger partial charge in [0.2, 0.25) is 0 Å². The van der Waals surface area contributed by atoms with Crippen molar-refractivity contribution in [1.29, 1.82) is 0 Å². The third-order valence-corrected chi connectivity index (χ3v) is 4.09. The zero-order valence-electron chi connectivity index (χ0n) is 11.7. The van der Waals surface area contributed by atoms with Crippen LogP contribution < -0.4 is 5.32 Å². The number of halogens is 1. The third-order valence-electron chi connectivity index (χ3n) is 2.96. The average Bonchev–Trinajstić information content (AvgIpc) is 2.97. The molecule has 3 rings (SSSR count). The van der Waals surface area contributed by atoms with Gasteiger partial charge in [0.15, 0.2) is 0 Å². The normalized spacial score (nSPS) is 10.5. The molecular weight excluding hydrogens is 318 g/mol. The number of aryl methyl sites for hydroxylation is 1. The van der Waals surface area contributed by atoms with Crippen molar-refractivity contribution in [2.24, 2.45) is 0 Å². The minimum atomic E-state index is -0.241. The number of anilines is 1. The van der Waals surface area contributed by atoms with E-state index in [0.717, 1.165) is 16.3 Å². The van der Waals surface area contributed by atoms with Crippen molar-refractivity contribution in [3.63, 3.8) is 0 Å². The summed E-state index contributed by atoms with van der Waals surface area (Å²) in [7, 11) is 0. The van der Waals surface area contributed by atoms with Gasteiger partial charge in [0.25, 0.3) is 5.91 Å². The quantitative estimate of drug-likeness (QED) is 0.774. The summed E-state index contributed by atoms with van der Waals surface area (Å²) in [5.74, 6) is -0.241. The number of nitrogens with one attached hydrogen (secondary N) is 1. The lowest BCUT2D eigenvalue weighted by molar-refractivity contribution is 0.102. The maximum atomic E-state index is 12.2. The van der Waals surface area contributed by atoms with Crippen molar-refractivity contribution in [3.05, 3.63) is 64.4 Å². The highest BCUT2D eigenvalue weighted by Gasteiger charge is 2.12. The molecule has 0 aliphatic heterocycles. The van der Waals surface area contributed by atoms with E-state index in [9.17, 15) is 4.79 Å². The topological polar surface area (TPSA) is 54.9 Å². The first kappa shape index (κ1) is 14.7. The summed E-state index contributed by atoms with van der Waals surface area (Å²) < 4.78 is 0. The molecule has 1 aromatic carbocycles. The van der Waals surface area contributed by atoms with E-state index in [2.05, 4.69) is 15.3 Å². The molecule has 4 nitrogen and oxygen atoms in total. The summed E-state index contributed by atoms with van der Waals surface area (Å²) >= 11 is 7.39. The summed E-state index contributed by atoms with van der Waals surface area (Å²) in [5, 5.41) is 5.96. The van der Waals surface area contributed by atoms with E-state index in [1.807, 2.05) is 31.2 Å². The van der Waals surface area contributed by atoms with Gasteiger partial charge in [0.1, 0.15) is 10.7 Å². The number of amides is 1. The van der Waals surface area contributed by atoms with Crippen molar-refractivity contribution >= 4 is 34.5 Å². The Morgan fingerprint density at radius 2 is 2.14 bits per heavy atom. The lowest BCUT2D eigenvalue weighted by atomic mass is 10.2. The minimum absolute atomic E-state index is 0.241. The second kappa shape index (κ2) is 6.25. The van der Waals surface area contributed by atoms with Gasteiger partial charge in [-0.25, -0.2) is 4.98 Å². The van der Waals surface area contributed by atoms with Crippen molar-refractivity contribution < 1.29 is 4.79 Å². The van der Waals surface area contributed by atoms with Crippen molar-refractivity contribution in [2.45, 2.75) is 6.92 Å². The van der Waals surface area contributed by atoms with E-state index in [-0.39, 0.29) is 5.91 Å². The number of hydrogen-bond donors (Lipinski definition) is 1. The Labute approximate surface area is 136 Å². The van der Waals surface area contributed by atoms with E-state index in [1.54, 1.807) is 23.7 Å². The van der Waals surface area contributed by atoms with Crippen molar-refractivity contribution in [2.75, 3.05) is 5.32 Å². The molecule has 2 aromatic heterocycles. The van der Waals surface area contributed by atoms with Crippen molar-refractivity contribution in [1.82, 2.24) is 9.97 Å². The lowest BCUT2D eigenvalue weighted by Crippen LogP contribution is -2.12. The molecule has 110 valence electrons. The van der Waals surface area contributed by atoms with Crippen LogP contribution in [0.2, 0.25) is 5.02 Å². The highest BCUT2D eigenvalue weighted by atomic mass is 35.5. The van der Waals surface area contributed by atoms with Crippen LogP contribution in [-0.4, -0.2) is 15.9 Å². The molecule has 22 heavy (non-hydrogen) atoms. The fraction of sp³-hybridized carbons (Fsp3) is 0.0625. The molecule has 0 aliphatic carbocycles. The summed E-state index contributed by atoms with van der Waals surface area (Å²) in [6.45, 7) is 1.87. The predicted octanol–water partition coefficient (Wildman–Crippen LogP) is 4.42. The average molecular weight is 330 g/mol. The van der Waals surface area contributed by atoms with Gasteiger partial charge in [-0.05, 0) is 31.2 Å². The Hall–Kier alpha value is -2.24. The van der Waals surface area contributed by atoms with Gasteiger partial charge >= 0.3 is 0 Å². The standard InChI is InChI=1S/C16H12ClN3OS/c1-10-7-13(5-6-18-10)19-15(21)14-9-22-16(20-14)11-3-2-4-12(17)8-11/h2-9H,1H3,(H,18,19,21). The molecule has 0 aliphatic rings. The van der Waals surface area contributed by atoms with Gasteiger partial charge in [-0.15, -0.1) is 11.3 Å². The number of benzene rings is 1. The molecule has 0 saturated heterocycles. The van der Waals surface area contributed by atoms with Crippen LogP contribution in [0.3, 0.4) is 0 Å². The van der Waals surface area contributed by atoms with E-state index in [4.69, 9.17) is 11.6 Å². The Kier molecular flexibility index (Phi) is 4.18. The van der Waals surface area contributed by atoms with E-state index in [1.165, 1.54) is 11.3 Å². The van der Waals surface area contributed by atoms with Crippen LogP contribution in [0.15, 0.2) is 48.0 Å². The summed E-state index contributed by atoms with van der Waals surface area (Å²) in [6, 6.07) is 11.0. The van der Waals surface area contributed by atoms with Crippen LogP contribution in [0.1, 0.15) is 16.2 Å². The Bertz CT molecular complexity index is 832. The van der Waals surface area contributed by atoms with Crippen LogP contribution in [0.5, 0.6) is 0 Å². The van der Waals surface area contributed by atoms with Crippen LogP contribution in [0.25, 0.3) is 10.6 Å². The third kappa shape index (κ3) is 3.32. The number of carbonyl (C=O) groups excluding carboxylic acids is 1. The smallest absolute Gasteiger partial charge is 0.275 e. The molecule has 3 aromatic rings. The maximum Gasteiger partial charge on any atom is 0.275 e. The number of thiazole rings is 1. The zero-order chi connectivity index (χ0) is 15.5. The van der Waals surface area contributed by atoms with Gasteiger partial charge in [-0.1, -0.05) is 23.7 Å². The minimum Gasteiger partial charge on any atom is -0.321 e. The zero-order valence-corrected chi connectivity index (χ0v) is 13.3. The van der Waals surface area contributed by atoms with E-state index in [0.29, 0.717) is 16.4 Å². The number of carbonyl (C=O) groups is 1. The Balaban J connectivity index is 1.80. The van der Waals surface area contributed by atoms with E-state index < -0.39 is 0 Å². The first-order chi connectivity index (χ1) is 10.6. The molecule has 0 unspecified atom stereocenters. The maximum absolute atomic E-state index is 12.2. The van der Waals surface area contributed by atoms with Crippen LogP contribution in [0.4, 0.5) is 5.69 Å². The van der Waals surface area contributed by atoms with Gasteiger partial charge < -0.3 is 5.32 Å². The van der Waals surface area contributed by atoms with Gasteiger partial charge in [0.05, 0.1) is 0 Å². The summed E-state index contributed by atoms with van der Waals surface area (Å²) in [4.78, 5) is 20.7. The molecule has 0 atom stereocenters. The second-order valence-corrected chi connectivity index (χ2v) is 5.98. The van der Waals surface area contributed by atoms with Gasteiger partial charge in [0, 0.05) is 33.5 Å². The van der Waals surface area contributed by atoms with Crippen LogP contribution in [-0.2, 0) is 0 Å². The largest absolute Gasteiger partial charge is 0.321 e. The van der Waals surface area contributed by atoms with E-state index >= 15 is 0 Å². The number of nitrogens with zero attached hydrogens (tertiary/aromatic N) is 2. The molecule has 0 fully saturated rings. The second-order valence-electron chi connectivity index (χ2n) is 4.69. The number of hydrogen-bond acceptors (Lipinski definition) is 4. The predicted molar refractivity (Wildman–Crippen MR) is 89.5 cm³/mol.